The molecule has 0 amide bonds. The number of aromatic amines is 1. The lowest BCUT2D eigenvalue weighted by Gasteiger charge is -2.27. The number of sulfonamides is 1. The summed E-state index contributed by atoms with van der Waals surface area (Å²) in [5, 5.41) is 6.65. The minimum Gasteiger partial charge on any atom is -0.281 e. The van der Waals surface area contributed by atoms with E-state index in [1.165, 1.54) is 4.31 Å². The molecule has 0 aliphatic carbocycles. The third-order valence-electron chi connectivity index (χ3n) is 3.24. The van der Waals surface area contributed by atoms with Gasteiger partial charge in [-0.3, -0.25) is 5.10 Å². The Morgan fingerprint density at radius 3 is 2.12 bits per heavy atom. The van der Waals surface area contributed by atoms with E-state index in [0.29, 0.717) is 16.3 Å². The van der Waals surface area contributed by atoms with Crippen LogP contribution >= 0.6 is 0 Å². The van der Waals surface area contributed by atoms with Gasteiger partial charge in [-0.1, -0.05) is 13.8 Å². The van der Waals surface area contributed by atoms with Gasteiger partial charge < -0.3 is 0 Å². The second-order valence-electron chi connectivity index (χ2n) is 4.77. The number of aryl methyl sites for hydroxylation is 2. The topological polar surface area (TPSA) is 66.1 Å². The average Bonchev–Trinajstić information content (AvgIpc) is 2.56. The monoisotopic (exact) mass is 259 g/mol. The number of nitrogens with zero attached hydrogens (tertiary/aromatic N) is 2. The van der Waals surface area contributed by atoms with Gasteiger partial charge in [0.1, 0.15) is 4.90 Å². The van der Waals surface area contributed by atoms with Gasteiger partial charge in [0.2, 0.25) is 10.0 Å². The molecule has 1 atom stereocenters. The van der Waals surface area contributed by atoms with Gasteiger partial charge >= 0.3 is 0 Å². The summed E-state index contributed by atoms with van der Waals surface area (Å²) in [5.41, 5.74) is 1.11. The standard InChI is InChI=1S/C11H21N3O2S/c1-7(2)10(5)14(6)17(15,16)11-8(3)12-13-9(11)4/h7,10H,1-6H3,(H,12,13). The van der Waals surface area contributed by atoms with Crippen molar-refractivity contribution in [2.24, 2.45) is 5.92 Å². The van der Waals surface area contributed by atoms with Crippen LogP contribution in [0.15, 0.2) is 4.90 Å². The molecule has 0 fully saturated rings. The molecule has 6 heteroatoms. The molecule has 98 valence electrons. The molecule has 1 aromatic rings. The maximum absolute atomic E-state index is 12.4. The van der Waals surface area contributed by atoms with Crippen LogP contribution in [0.5, 0.6) is 0 Å². The van der Waals surface area contributed by atoms with Crippen LogP contribution in [0.4, 0.5) is 0 Å². The lowest BCUT2D eigenvalue weighted by atomic mass is 10.1. The molecule has 1 rings (SSSR count). The predicted octanol–water partition coefficient (Wildman–Crippen LogP) is 1.69. The molecule has 5 nitrogen and oxygen atoms in total. The van der Waals surface area contributed by atoms with Crippen molar-refractivity contribution in [2.75, 3.05) is 7.05 Å². The van der Waals surface area contributed by atoms with E-state index in [1.54, 1.807) is 20.9 Å². The van der Waals surface area contributed by atoms with Crippen LogP contribution < -0.4 is 0 Å². The summed E-state index contributed by atoms with van der Waals surface area (Å²) < 4.78 is 26.3. The molecule has 1 heterocycles. The van der Waals surface area contributed by atoms with Gasteiger partial charge in [-0.2, -0.15) is 9.40 Å². The van der Waals surface area contributed by atoms with Gasteiger partial charge in [0.05, 0.1) is 11.4 Å². The Morgan fingerprint density at radius 2 is 1.76 bits per heavy atom. The minimum atomic E-state index is -3.46. The molecule has 0 aromatic carbocycles. The Balaban J connectivity index is 3.21. The Kier molecular flexibility index (Phi) is 3.99. The highest BCUT2D eigenvalue weighted by molar-refractivity contribution is 7.89. The number of hydrogen-bond acceptors (Lipinski definition) is 3. The fourth-order valence-corrected chi connectivity index (χ4v) is 3.52. The highest BCUT2D eigenvalue weighted by Gasteiger charge is 2.31. The van der Waals surface area contributed by atoms with Crippen molar-refractivity contribution in [1.82, 2.24) is 14.5 Å². The van der Waals surface area contributed by atoms with Crippen molar-refractivity contribution in [3.05, 3.63) is 11.4 Å². The SMILES string of the molecule is Cc1n[nH]c(C)c1S(=O)(=O)N(C)C(C)C(C)C. The molecular weight excluding hydrogens is 238 g/mol. The molecule has 1 unspecified atom stereocenters. The maximum Gasteiger partial charge on any atom is 0.246 e. The highest BCUT2D eigenvalue weighted by Crippen LogP contribution is 2.23. The number of aromatic nitrogens is 2. The fourth-order valence-electron chi connectivity index (χ4n) is 1.70. The van der Waals surface area contributed by atoms with E-state index in [-0.39, 0.29) is 12.0 Å². The van der Waals surface area contributed by atoms with Crippen molar-refractivity contribution in [3.63, 3.8) is 0 Å². The maximum atomic E-state index is 12.4. The fraction of sp³-hybridized carbons (Fsp3) is 0.727. The van der Waals surface area contributed by atoms with Crippen LogP contribution in [0.3, 0.4) is 0 Å². The molecule has 0 saturated carbocycles. The van der Waals surface area contributed by atoms with Gasteiger partial charge in [-0.05, 0) is 26.7 Å². The lowest BCUT2D eigenvalue weighted by molar-refractivity contribution is 0.315. The van der Waals surface area contributed by atoms with Crippen molar-refractivity contribution in [3.8, 4) is 0 Å². The molecule has 0 bridgehead atoms. The minimum absolute atomic E-state index is 0.0475. The molecule has 0 radical (unpaired) electrons. The smallest absolute Gasteiger partial charge is 0.246 e. The summed E-state index contributed by atoms with van der Waals surface area (Å²) in [4.78, 5) is 0.299. The largest absolute Gasteiger partial charge is 0.281 e. The summed E-state index contributed by atoms with van der Waals surface area (Å²) in [6.45, 7) is 9.34. The molecule has 1 aromatic heterocycles. The first kappa shape index (κ1) is 14.2. The van der Waals surface area contributed by atoms with Crippen LogP contribution in [0.1, 0.15) is 32.2 Å². The molecule has 0 saturated heterocycles. The van der Waals surface area contributed by atoms with E-state index in [0.717, 1.165) is 0 Å². The summed E-state index contributed by atoms with van der Waals surface area (Å²) >= 11 is 0. The van der Waals surface area contributed by atoms with Crippen LogP contribution in [0.2, 0.25) is 0 Å². The number of rotatable bonds is 4. The molecule has 17 heavy (non-hydrogen) atoms. The van der Waals surface area contributed by atoms with Gasteiger partial charge in [0.25, 0.3) is 0 Å². The molecule has 0 aliphatic heterocycles. The van der Waals surface area contributed by atoms with Crippen molar-refractivity contribution in [1.29, 1.82) is 0 Å². The zero-order chi connectivity index (χ0) is 13.4. The summed E-state index contributed by atoms with van der Waals surface area (Å²) in [6.07, 6.45) is 0. The molecule has 1 N–H and O–H groups in total. The lowest BCUT2D eigenvalue weighted by Crippen LogP contribution is -2.38. The zero-order valence-electron chi connectivity index (χ0n) is 11.3. The van der Waals surface area contributed by atoms with Crippen LogP contribution in [0.25, 0.3) is 0 Å². The quantitative estimate of drug-likeness (QED) is 0.895. The molecule has 0 aliphatic rings. The normalized spacial score (nSPS) is 14.6. The average molecular weight is 259 g/mol. The van der Waals surface area contributed by atoms with Gasteiger partial charge in [0, 0.05) is 13.1 Å². The summed E-state index contributed by atoms with van der Waals surface area (Å²) in [7, 11) is -1.84. The highest BCUT2D eigenvalue weighted by atomic mass is 32.2. The van der Waals surface area contributed by atoms with Gasteiger partial charge in [-0.15, -0.1) is 0 Å². The number of hydrogen-bond donors (Lipinski definition) is 1. The summed E-state index contributed by atoms with van der Waals surface area (Å²) in [6, 6.07) is -0.0475. The van der Waals surface area contributed by atoms with E-state index >= 15 is 0 Å². The zero-order valence-corrected chi connectivity index (χ0v) is 12.1. The van der Waals surface area contributed by atoms with Crippen LogP contribution in [-0.4, -0.2) is 36.0 Å². The Labute approximate surface area is 103 Å². The number of H-pyrrole nitrogens is 1. The molecular formula is C11H21N3O2S. The first-order chi connectivity index (χ1) is 7.69. The van der Waals surface area contributed by atoms with Gasteiger partial charge in [0.15, 0.2) is 0 Å². The van der Waals surface area contributed by atoms with Gasteiger partial charge in [-0.25, -0.2) is 8.42 Å². The first-order valence-corrected chi connectivity index (χ1v) is 7.13. The van der Waals surface area contributed by atoms with Crippen molar-refractivity contribution < 1.29 is 8.42 Å². The second kappa shape index (κ2) is 4.78. The van der Waals surface area contributed by atoms with E-state index in [1.807, 2.05) is 20.8 Å². The first-order valence-electron chi connectivity index (χ1n) is 5.69. The van der Waals surface area contributed by atoms with E-state index in [2.05, 4.69) is 10.2 Å². The third kappa shape index (κ3) is 2.52. The molecule has 0 spiro atoms. The third-order valence-corrected chi connectivity index (χ3v) is 5.44. The Hall–Kier alpha value is -0.880. The van der Waals surface area contributed by atoms with E-state index in [9.17, 15) is 8.42 Å². The van der Waals surface area contributed by atoms with Crippen LogP contribution in [-0.2, 0) is 10.0 Å². The van der Waals surface area contributed by atoms with Crippen molar-refractivity contribution in [2.45, 2.75) is 45.6 Å². The summed E-state index contributed by atoms with van der Waals surface area (Å²) in [5.74, 6) is 0.266. The van der Waals surface area contributed by atoms with E-state index in [4.69, 9.17) is 0 Å². The van der Waals surface area contributed by atoms with E-state index < -0.39 is 10.0 Å². The number of nitrogens with one attached hydrogen (secondary N) is 1. The second-order valence-corrected chi connectivity index (χ2v) is 6.70. The Bertz CT molecular complexity index is 471. The Morgan fingerprint density at radius 1 is 1.24 bits per heavy atom. The van der Waals surface area contributed by atoms with Crippen LogP contribution in [0, 0.1) is 19.8 Å². The van der Waals surface area contributed by atoms with Crippen molar-refractivity contribution >= 4 is 10.0 Å². The predicted molar refractivity (Wildman–Crippen MR) is 67.3 cm³/mol.